The molecule has 6 nitrogen and oxygen atoms in total. The van der Waals surface area contributed by atoms with Crippen molar-refractivity contribution in [3.63, 3.8) is 0 Å². The summed E-state index contributed by atoms with van der Waals surface area (Å²) >= 11 is 0. The molecule has 0 radical (unpaired) electrons. The second kappa shape index (κ2) is 10.7. The Morgan fingerprint density at radius 1 is 1.21 bits per heavy atom. The fourth-order valence-corrected chi connectivity index (χ4v) is 3.57. The quantitative estimate of drug-likeness (QED) is 0.642. The molecule has 0 bridgehead atoms. The summed E-state index contributed by atoms with van der Waals surface area (Å²) in [6.45, 7) is 14.7. The number of carbonyl (C=O) groups excluding carboxylic acids is 1. The van der Waals surface area contributed by atoms with Crippen molar-refractivity contribution in [2.24, 2.45) is 0 Å². The van der Waals surface area contributed by atoms with Crippen molar-refractivity contribution in [2.75, 3.05) is 32.8 Å². The monoisotopic (exact) mass is 391 g/mol. The molecular weight excluding hydrogens is 354 g/mol. The minimum atomic E-state index is -0.272. The summed E-state index contributed by atoms with van der Waals surface area (Å²) in [4.78, 5) is 14.5. The molecule has 1 saturated heterocycles. The molecule has 0 spiro atoms. The second-order valence-corrected chi connectivity index (χ2v) is 8.36. The van der Waals surface area contributed by atoms with Crippen molar-refractivity contribution in [3.05, 3.63) is 23.8 Å². The minimum absolute atomic E-state index is 0.0243. The van der Waals surface area contributed by atoms with Gasteiger partial charge in [0.2, 0.25) is 0 Å². The number of ether oxygens (including phenoxy) is 2. The third-order valence-corrected chi connectivity index (χ3v) is 4.80. The van der Waals surface area contributed by atoms with Crippen LogP contribution >= 0.6 is 0 Å². The van der Waals surface area contributed by atoms with Crippen molar-refractivity contribution in [2.45, 2.75) is 65.6 Å². The lowest BCUT2D eigenvalue weighted by atomic mass is 10.1. The zero-order chi connectivity index (χ0) is 20.6. The molecule has 6 heteroatoms. The van der Waals surface area contributed by atoms with Gasteiger partial charge in [-0.1, -0.05) is 13.0 Å². The number of likely N-dealkylation sites (tertiary alicyclic amines) is 1. The van der Waals surface area contributed by atoms with Gasteiger partial charge in [0.05, 0.1) is 6.61 Å². The molecule has 1 aromatic carbocycles. The van der Waals surface area contributed by atoms with E-state index in [2.05, 4.69) is 22.5 Å². The van der Waals surface area contributed by atoms with E-state index in [4.69, 9.17) is 9.47 Å². The number of amides is 1. The van der Waals surface area contributed by atoms with Crippen molar-refractivity contribution in [1.82, 2.24) is 15.5 Å². The summed E-state index contributed by atoms with van der Waals surface area (Å²) in [6.07, 6.45) is 2.57. The Kier molecular flexibility index (Phi) is 8.58. The van der Waals surface area contributed by atoms with E-state index in [1.54, 1.807) is 0 Å². The first kappa shape index (κ1) is 22.5. The van der Waals surface area contributed by atoms with Gasteiger partial charge in [-0.2, -0.15) is 0 Å². The summed E-state index contributed by atoms with van der Waals surface area (Å²) < 4.78 is 11.4. The van der Waals surface area contributed by atoms with Crippen LogP contribution in [0.15, 0.2) is 18.2 Å². The lowest BCUT2D eigenvalue weighted by molar-refractivity contribution is -0.124. The molecule has 1 heterocycles. The molecule has 1 aliphatic rings. The summed E-state index contributed by atoms with van der Waals surface area (Å²) in [5, 5.41) is 6.47. The van der Waals surface area contributed by atoms with Gasteiger partial charge in [0.25, 0.3) is 5.91 Å². The summed E-state index contributed by atoms with van der Waals surface area (Å²) in [6, 6.07) is 6.55. The van der Waals surface area contributed by atoms with Crippen LogP contribution in [-0.2, 0) is 11.3 Å². The average Bonchev–Trinajstić information content (AvgIpc) is 3.07. The van der Waals surface area contributed by atoms with E-state index in [9.17, 15) is 4.79 Å². The third kappa shape index (κ3) is 7.32. The van der Waals surface area contributed by atoms with Gasteiger partial charge >= 0.3 is 0 Å². The lowest BCUT2D eigenvalue weighted by Gasteiger charge is -2.23. The predicted octanol–water partition coefficient (Wildman–Crippen LogP) is 2.95. The molecule has 2 rings (SSSR count). The fraction of sp³-hybridized carbons (Fsp3) is 0.682. The molecule has 0 saturated carbocycles. The molecule has 1 aliphatic heterocycles. The molecule has 1 fully saturated rings. The standard InChI is InChI=1S/C22H37N3O3/c1-6-25-12-8-9-18(25)15-23-14-17-10-11-19(20(13-17)27-7-2)28-16-21(26)24-22(3,4)5/h10-11,13,18,23H,6-9,12,14-16H2,1-5H3,(H,24,26). The van der Waals surface area contributed by atoms with Crippen LogP contribution in [0.4, 0.5) is 0 Å². The minimum Gasteiger partial charge on any atom is -0.490 e. The number of nitrogens with one attached hydrogen (secondary N) is 2. The maximum Gasteiger partial charge on any atom is 0.258 e. The zero-order valence-corrected chi connectivity index (χ0v) is 18.1. The number of hydrogen-bond acceptors (Lipinski definition) is 5. The van der Waals surface area contributed by atoms with E-state index in [-0.39, 0.29) is 18.1 Å². The highest BCUT2D eigenvalue weighted by Crippen LogP contribution is 2.28. The van der Waals surface area contributed by atoms with E-state index < -0.39 is 0 Å². The molecule has 1 atom stereocenters. The summed E-state index contributed by atoms with van der Waals surface area (Å²) in [5.74, 6) is 1.14. The van der Waals surface area contributed by atoms with E-state index in [0.717, 1.165) is 25.2 Å². The Hall–Kier alpha value is -1.79. The molecule has 1 amide bonds. The Morgan fingerprint density at radius 3 is 2.68 bits per heavy atom. The first-order chi connectivity index (χ1) is 13.3. The Morgan fingerprint density at radius 2 is 2.00 bits per heavy atom. The predicted molar refractivity (Wildman–Crippen MR) is 113 cm³/mol. The van der Waals surface area contributed by atoms with E-state index in [0.29, 0.717) is 24.1 Å². The van der Waals surface area contributed by atoms with Crippen molar-refractivity contribution in [1.29, 1.82) is 0 Å². The molecule has 158 valence electrons. The molecule has 0 aromatic heterocycles. The summed E-state index contributed by atoms with van der Waals surface area (Å²) in [7, 11) is 0. The van der Waals surface area contributed by atoms with Crippen molar-refractivity contribution < 1.29 is 14.3 Å². The topological polar surface area (TPSA) is 62.8 Å². The maximum atomic E-state index is 12.0. The molecule has 1 aromatic rings. The van der Waals surface area contributed by atoms with Gasteiger partial charge in [0.1, 0.15) is 0 Å². The largest absolute Gasteiger partial charge is 0.490 e. The van der Waals surface area contributed by atoms with E-state index >= 15 is 0 Å². The van der Waals surface area contributed by atoms with E-state index in [1.807, 2.05) is 45.9 Å². The number of benzene rings is 1. The number of carbonyl (C=O) groups is 1. The first-order valence-electron chi connectivity index (χ1n) is 10.5. The maximum absolute atomic E-state index is 12.0. The van der Waals surface area contributed by atoms with Gasteiger partial charge in [-0.25, -0.2) is 0 Å². The highest BCUT2D eigenvalue weighted by molar-refractivity contribution is 5.78. The van der Waals surface area contributed by atoms with Gasteiger partial charge in [0, 0.05) is 24.7 Å². The Labute approximate surface area is 170 Å². The van der Waals surface area contributed by atoms with Crippen molar-refractivity contribution >= 4 is 5.91 Å². The van der Waals surface area contributed by atoms with Gasteiger partial charge < -0.3 is 20.1 Å². The van der Waals surface area contributed by atoms with Gasteiger partial charge in [-0.15, -0.1) is 0 Å². The Balaban J connectivity index is 1.89. The number of rotatable bonds is 10. The van der Waals surface area contributed by atoms with Crippen LogP contribution in [0, 0.1) is 0 Å². The highest BCUT2D eigenvalue weighted by Gasteiger charge is 2.22. The van der Waals surface area contributed by atoms with Crippen LogP contribution in [0.1, 0.15) is 53.0 Å². The van der Waals surface area contributed by atoms with E-state index in [1.165, 1.54) is 19.4 Å². The Bertz CT molecular complexity index is 628. The molecular formula is C22H37N3O3. The average molecular weight is 392 g/mol. The first-order valence-corrected chi connectivity index (χ1v) is 10.5. The van der Waals surface area contributed by atoms with Crippen LogP contribution in [0.25, 0.3) is 0 Å². The lowest BCUT2D eigenvalue weighted by Crippen LogP contribution is -2.43. The van der Waals surface area contributed by atoms with Gasteiger partial charge in [-0.05, 0) is 71.3 Å². The smallest absolute Gasteiger partial charge is 0.258 e. The number of hydrogen-bond donors (Lipinski definition) is 2. The van der Waals surface area contributed by atoms with Gasteiger partial charge in [-0.3, -0.25) is 9.69 Å². The number of nitrogens with zero attached hydrogens (tertiary/aromatic N) is 1. The van der Waals surface area contributed by atoms with Crippen LogP contribution in [0.3, 0.4) is 0 Å². The van der Waals surface area contributed by atoms with Crippen LogP contribution < -0.4 is 20.1 Å². The van der Waals surface area contributed by atoms with Crippen LogP contribution in [0.2, 0.25) is 0 Å². The molecule has 1 unspecified atom stereocenters. The molecule has 2 N–H and O–H groups in total. The zero-order valence-electron chi connectivity index (χ0n) is 18.1. The van der Waals surface area contributed by atoms with Crippen LogP contribution in [-0.4, -0.2) is 55.2 Å². The fourth-order valence-electron chi connectivity index (χ4n) is 3.57. The second-order valence-electron chi connectivity index (χ2n) is 8.36. The highest BCUT2D eigenvalue weighted by atomic mass is 16.5. The molecule has 28 heavy (non-hydrogen) atoms. The van der Waals surface area contributed by atoms with Crippen LogP contribution in [0.5, 0.6) is 11.5 Å². The third-order valence-electron chi connectivity index (χ3n) is 4.80. The van der Waals surface area contributed by atoms with Gasteiger partial charge in [0.15, 0.2) is 18.1 Å². The summed E-state index contributed by atoms with van der Waals surface area (Å²) in [5.41, 5.74) is 0.877. The SMILES string of the molecule is CCOc1cc(CNCC2CCCN2CC)ccc1OCC(=O)NC(C)(C)C. The molecule has 0 aliphatic carbocycles. The number of likely N-dealkylation sites (N-methyl/N-ethyl adjacent to an activating group) is 1. The van der Waals surface area contributed by atoms with Crippen molar-refractivity contribution in [3.8, 4) is 11.5 Å². The normalized spacial score (nSPS) is 17.5.